The largest absolute Gasteiger partial charge is 0.490 e. The summed E-state index contributed by atoms with van der Waals surface area (Å²) in [5.74, 6) is 1.39. The van der Waals surface area contributed by atoms with Gasteiger partial charge in [0.1, 0.15) is 29.4 Å². The van der Waals surface area contributed by atoms with E-state index in [0.29, 0.717) is 12.3 Å². The molecule has 2 amide bonds. The van der Waals surface area contributed by atoms with Crippen molar-refractivity contribution < 1.29 is 23.8 Å². The predicted molar refractivity (Wildman–Crippen MR) is 162 cm³/mol. The molecule has 1 aliphatic rings. The van der Waals surface area contributed by atoms with Crippen LogP contribution in [-0.2, 0) is 18.4 Å². The Kier molecular flexibility index (Phi) is 8.54. The van der Waals surface area contributed by atoms with Crippen LogP contribution in [-0.4, -0.2) is 34.3 Å². The monoisotopic (exact) mass is 575 g/mol. The van der Waals surface area contributed by atoms with Gasteiger partial charge in [0.05, 0.1) is 16.3 Å². The second-order valence-electron chi connectivity index (χ2n) is 11.4. The van der Waals surface area contributed by atoms with Crippen LogP contribution >= 0.6 is 11.3 Å². The number of benzene rings is 2. The number of thiophene rings is 1. The number of hydrogen-bond donors (Lipinski definition) is 2. The molecule has 41 heavy (non-hydrogen) atoms. The van der Waals surface area contributed by atoms with E-state index in [1.807, 2.05) is 98.4 Å². The van der Waals surface area contributed by atoms with Gasteiger partial charge >= 0.3 is 6.09 Å². The van der Waals surface area contributed by atoms with E-state index in [2.05, 4.69) is 10.6 Å². The van der Waals surface area contributed by atoms with Gasteiger partial charge in [0.25, 0.3) is 5.91 Å². The van der Waals surface area contributed by atoms with Gasteiger partial charge in [-0.05, 0) is 106 Å². The Bertz CT molecular complexity index is 1490. The van der Waals surface area contributed by atoms with E-state index in [-0.39, 0.29) is 24.1 Å². The number of rotatable bonds is 8. The summed E-state index contributed by atoms with van der Waals surface area (Å²) in [7, 11) is 1.90. The van der Waals surface area contributed by atoms with E-state index in [9.17, 15) is 9.59 Å². The molecule has 216 valence electrons. The molecule has 2 heterocycles. The maximum absolute atomic E-state index is 12.9. The summed E-state index contributed by atoms with van der Waals surface area (Å²) >= 11 is 1.62. The minimum Gasteiger partial charge on any atom is -0.490 e. The van der Waals surface area contributed by atoms with Crippen molar-refractivity contribution in [2.45, 2.75) is 70.8 Å². The number of alkyl carbamates (subject to hydrolysis) is 1. The van der Waals surface area contributed by atoms with E-state index in [1.165, 1.54) is 0 Å². The van der Waals surface area contributed by atoms with Crippen molar-refractivity contribution in [1.29, 1.82) is 0 Å². The van der Waals surface area contributed by atoms with Crippen LogP contribution in [0.15, 0.2) is 66.0 Å². The summed E-state index contributed by atoms with van der Waals surface area (Å²) < 4.78 is 20.5. The maximum atomic E-state index is 12.9. The quantitative estimate of drug-likeness (QED) is 0.230. The predicted octanol–water partition coefficient (Wildman–Crippen LogP) is 7.29. The van der Waals surface area contributed by atoms with Gasteiger partial charge in [0.15, 0.2) is 0 Å². The number of fused-ring (bicyclic) bond motifs is 1. The zero-order valence-electron chi connectivity index (χ0n) is 23.9. The molecule has 1 aliphatic carbocycles. The molecule has 5 rings (SSSR count). The first-order valence-electron chi connectivity index (χ1n) is 14.0. The number of aromatic nitrogens is 1. The molecular weight excluding hydrogens is 538 g/mol. The SMILES string of the molecule is Cn1c(C(=O)Nc2cccc(COc3ccc(OC4CCC(NC(=O)OC(C)(C)C)CC4)cc3)c2)cc2sccc21. The van der Waals surface area contributed by atoms with Crippen LogP contribution in [0, 0.1) is 0 Å². The highest BCUT2D eigenvalue weighted by Gasteiger charge is 2.25. The maximum Gasteiger partial charge on any atom is 0.407 e. The number of carbonyl (C=O) groups is 2. The minimum atomic E-state index is -0.498. The van der Waals surface area contributed by atoms with E-state index < -0.39 is 5.60 Å². The van der Waals surface area contributed by atoms with Gasteiger partial charge in [0, 0.05) is 18.8 Å². The smallest absolute Gasteiger partial charge is 0.407 e. The molecule has 9 heteroatoms. The number of nitrogens with one attached hydrogen (secondary N) is 2. The lowest BCUT2D eigenvalue weighted by Gasteiger charge is -2.30. The lowest BCUT2D eigenvalue weighted by molar-refractivity contribution is 0.0470. The third-order valence-corrected chi connectivity index (χ3v) is 7.86. The Labute approximate surface area is 244 Å². The van der Waals surface area contributed by atoms with Gasteiger partial charge < -0.3 is 29.4 Å². The molecule has 2 aromatic heterocycles. The zero-order valence-corrected chi connectivity index (χ0v) is 24.8. The molecule has 0 spiro atoms. The number of carbonyl (C=O) groups excluding carboxylic acids is 2. The molecule has 0 saturated heterocycles. The van der Waals surface area contributed by atoms with Crippen LogP contribution in [0.25, 0.3) is 10.2 Å². The van der Waals surface area contributed by atoms with Crippen LogP contribution in [0.5, 0.6) is 11.5 Å². The van der Waals surface area contributed by atoms with Crippen LogP contribution in [0.4, 0.5) is 10.5 Å². The van der Waals surface area contributed by atoms with Gasteiger partial charge in [-0.2, -0.15) is 0 Å². The van der Waals surface area contributed by atoms with Crippen molar-refractivity contribution in [2.24, 2.45) is 7.05 Å². The Hall–Kier alpha value is -3.98. The first-order valence-corrected chi connectivity index (χ1v) is 14.8. The molecular formula is C32H37N3O5S. The number of anilines is 1. The average molecular weight is 576 g/mol. The molecule has 1 fully saturated rings. The average Bonchev–Trinajstić information content (AvgIpc) is 3.51. The van der Waals surface area contributed by atoms with Crippen LogP contribution in [0.3, 0.4) is 0 Å². The summed E-state index contributed by atoms with van der Waals surface area (Å²) in [6.07, 6.45) is 3.20. The molecule has 4 aromatic rings. The highest BCUT2D eigenvalue weighted by Crippen LogP contribution is 2.27. The Morgan fingerprint density at radius 2 is 1.71 bits per heavy atom. The number of ether oxygens (including phenoxy) is 3. The fraction of sp³-hybridized carbons (Fsp3) is 0.375. The van der Waals surface area contributed by atoms with Gasteiger partial charge in [-0.1, -0.05) is 12.1 Å². The first kappa shape index (κ1) is 28.5. The highest BCUT2D eigenvalue weighted by atomic mass is 32.1. The fourth-order valence-corrected chi connectivity index (χ4v) is 5.82. The second-order valence-corrected chi connectivity index (χ2v) is 12.4. The van der Waals surface area contributed by atoms with Crippen molar-refractivity contribution in [3.05, 3.63) is 77.3 Å². The summed E-state index contributed by atoms with van der Waals surface area (Å²) in [4.78, 5) is 24.9. The molecule has 2 aromatic carbocycles. The number of nitrogens with zero attached hydrogens (tertiary/aromatic N) is 1. The second kappa shape index (κ2) is 12.3. The molecule has 0 atom stereocenters. The Morgan fingerprint density at radius 3 is 2.41 bits per heavy atom. The van der Waals surface area contributed by atoms with Crippen molar-refractivity contribution in [3.63, 3.8) is 0 Å². The molecule has 2 N–H and O–H groups in total. The normalized spacial score (nSPS) is 17.2. The van der Waals surface area contributed by atoms with Gasteiger partial charge in [-0.25, -0.2) is 4.79 Å². The van der Waals surface area contributed by atoms with Gasteiger partial charge in [-0.15, -0.1) is 11.3 Å². The van der Waals surface area contributed by atoms with Crippen LogP contribution in [0.2, 0.25) is 0 Å². The molecule has 0 radical (unpaired) electrons. The summed E-state index contributed by atoms with van der Waals surface area (Å²) in [5.41, 5.74) is 2.86. The minimum absolute atomic E-state index is 0.114. The number of amides is 2. The van der Waals surface area contributed by atoms with Crippen molar-refractivity contribution in [3.8, 4) is 11.5 Å². The molecule has 0 bridgehead atoms. The molecule has 0 unspecified atom stereocenters. The van der Waals surface area contributed by atoms with Gasteiger partial charge in [0.2, 0.25) is 0 Å². The first-order chi connectivity index (χ1) is 19.6. The van der Waals surface area contributed by atoms with E-state index in [1.54, 1.807) is 11.3 Å². The van der Waals surface area contributed by atoms with Crippen molar-refractivity contribution >= 4 is 39.2 Å². The third-order valence-electron chi connectivity index (χ3n) is 7.01. The van der Waals surface area contributed by atoms with Gasteiger partial charge in [-0.3, -0.25) is 4.79 Å². The topological polar surface area (TPSA) is 90.8 Å². The molecule has 8 nitrogen and oxygen atoms in total. The zero-order chi connectivity index (χ0) is 29.0. The van der Waals surface area contributed by atoms with E-state index >= 15 is 0 Å². The molecule has 1 saturated carbocycles. The van der Waals surface area contributed by atoms with E-state index in [0.717, 1.165) is 58.6 Å². The summed E-state index contributed by atoms with van der Waals surface area (Å²) in [6, 6.07) is 19.4. The lowest BCUT2D eigenvalue weighted by Crippen LogP contribution is -2.42. The molecule has 0 aliphatic heterocycles. The summed E-state index contributed by atoms with van der Waals surface area (Å²) in [6.45, 7) is 5.96. The fourth-order valence-electron chi connectivity index (χ4n) is 4.97. The lowest BCUT2D eigenvalue weighted by atomic mass is 9.93. The summed E-state index contributed by atoms with van der Waals surface area (Å²) in [5, 5.41) is 7.99. The Balaban J connectivity index is 1.07. The van der Waals surface area contributed by atoms with Crippen LogP contribution < -0.4 is 20.1 Å². The van der Waals surface area contributed by atoms with Crippen LogP contribution in [0.1, 0.15) is 62.5 Å². The van der Waals surface area contributed by atoms with E-state index in [4.69, 9.17) is 14.2 Å². The van der Waals surface area contributed by atoms with Crippen molar-refractivity contribution in [1.82, 2.24) is 9.88 Å². The third kappa shape index (κ3) is 7.61. The highest BCUT2D eigenvalue weighted by molar-refractivity contribution is 7.17. The van der Waals surface area contributed by atoms with Crippen molar-refractivity contribution in [2.75, 3.05) is 5.32 Å². The number of hydrogen-bond acceptors (Lipinski definition) is 6. The number of aryl methyl sites for hydroxylation is 1. The Morgan fingerprint density at radius 1 is 0.976 bits per heavy atom. The standard InChI is InChI=1S/C32H37N3O5S/c1-32(2,3)40-31(37)34-22-8-10-25(11-9-22)39-26-14-12-24(13-15-26)38-20-21-6-5-7-23(18-21)33-30(36)28-19-29-27(35(28)4)16-17-41-29/h5-7,12-19,22,25H,8-11,20H2,1-4H3,(H,33,36)(H,34,37).